The molecule has 0 spiro atoms. The van der Waals surface area contributed by atoms with Crippen molar-refractivity contribution in [2.75, 3.05) is 5.32 Å². The number of aromatic nitrogens is 4. The molecule has 3 aromatic heterocycles. The van der Waals surface area contributed by atoms with Crippen LogP contribution in [0.2, 0.25) is 0 Å². The molecular formula is C22H19N5O3S2. The Bertz CT molecular complexity index is 1250. The number of nitrogens with one attached hydrogen (secondary N) is 1. The second-order valence-electron chi connectivity index (χ2n) is 6.96. The van der Waals surface area contributed by atoms with Crippen molar-refractivity contribution in [3.63, 3.8) is 0 Å². The van der Waals surface area contributed by atoms with Crippen molar-refractivity contribution in [3.8, 4) is 10.8 Å². The lowest BCUT2D eigenvalue weighted by Crippen LogP contribution is -2.15. The summed E-state index contributed by atoms with van der Waals surface area (Å²) in [6, 6.07) is 7.62. The summed E-state index contributed by atoms with van der Waals surface area (Å²) >= 11 is 2.62. The van der Waals surface area contributed by atoms with Crippen LogP contribution in [0.3, 0.4) is 0 Å². The van der Waals surface area contributed by atoms with Gasteiger partial charge in [-0.05, 0) is 37.1 Å². The average molecular weight is 466 g/mol. The SMILES string of the molecule is Cc1ccc(C)c(NC(=O)Cc2nc(COC(=O)c3csc(-c4ncccn4)n3)cs2)c1. The summed E-state index contributed by atoms with van der Waals surface area (Å²) in [5.41, 5.74) is 3.65. The number of ether oxygens (including phenoxy) is 1. The number of rotatable bonds is 7. The van der Waals surface area contributed by atoms with Gasteiger partial charge in [0.25, 0.3) is 0 Å². The number of esters is 1. The van der Waals surface area contributed by atoms with Gasteiger partial charge in [0.15, 0.2) is 16.5 Å². The van der Waals surface area contributed by atoms with Crippen LogP contribution in [0, 0.1) is 13.8 Å². The van der Waals surface area contributed by atoms with Crippen LogP contribution in [0.1, 0.15) is 32.3 Å². The third kappa shape index (κ3) is 5.40. The highest BCUT2D eigenvalue weighted by atomic mass is 32.1. The second kappa shape index (κ2) is 9.75. The molecule has 162 valence electrons. The minimum Gasteiger partial charge on any atom is -0.454 e. The van der Waals surface area contributed by atoms with E-state index in [9.17, 15) is 9.59 Å². The van der Waals surface area contributed by atoms with Gasteiger partial charge >= 0.3 is 5.97 Å². The Balaban J connectivity index is 1.30. The van der Waals surface area contributed by atoms with Crippen LogP contribution in [-0.4, -0.2) is 31.8 Å². The van der Waals surface area contributed by atoms with E-state index in [1.807, 2.05) is 32.0 Å². The first kappa shape index (κ1) is 21.7. The average Bonchev–Trinajstić information content (AvgIpc) is 3.45. The molecule has 1 amide bonds. The van der Waals surface area contributed by atoms with Crippen LogP contribution in [0.5, 0.6) is 0 Å². The standard InChI is InChI=1S/C22H19N5O3S2/c1-13-4-5-14(2)16(8-13)26-18(28)9-19-25-15(11-31-19)10-30-22(29)17-12-32-21(27-17)20-23-6-3-7-24-20/h3-8,11-12H,9-10H2,1-2H3,(H,26,28). The number of anilines is 1. The van der Waals surface area contributed by atoms with Crippen LogP contribution in [-0.2, 0) is 22.6 Å². The molecule has 4 rings (SSSR count). The van der Waals surface area contributed by atoms with Crippen LogP contribution in [0.15, 0.2) is 47.4 Å². The number of nitrogens with zero attached hydrogens (tertiary/aromatic N) is 4. The molecule has 0 atom stereocenters. The molecule has 0 fully saturated rings. The van der Waals surface area contributed by atoms with Crippen molar-refractivity contribution in [2.45, 2.75) is 26.9 Å². The van der Waals surface area contributed by atoms with E-state index in [-0.39, 0.29) is 24.6 Å². The molecule has 0 aliphatic rings. The number of benzene rings is 1. The van der Waals surface area contributed by atoms with Crippen LogP contribution in [0.25, 0.3) is 10.8 Å². The van der Waals surface area contributed by atoms with E-state index in [0.29, 0.717) is 21.5 Å². The number of carbonyl (C=O) groups is 2. The summed E-state index contributed by atoms with van der Waals surface area (Å²) in [5.74, 6) is -0.236. The summed E-state index contributed by atoms with van der Waals surface area (Å²) in [4.78, 5) is 41.6. The Morgan fingerprint density at radius 1 is 1.06 bits per heavy atom. The predicted molar refractivity (Wildman–Crippen MR) is 123 cm³/mol. The van der Waals surface area contributed by atoms with Crippen molar-refractivity contribution in [1.29, 1.82) is 0 Å². The summed E-state index contributed by atoms with van der Waals surface area (Å²) in [7, 11) is 0. The molecule has 0 radical (unpaired) electrons. The molecule has 3 heterocycles. The maximum atomic E-state index is 12.4. The Morgan fingerprint density at radius 2 is 1.88 bits per heavy atom. The zero-order valence-electron chi connectivity index (χ0n) is 17.4. The maximum absolute atomic E-state index is 12.4. The predicted octanol–water partition coefficient (Wildman–Crippen LogP) is 4.21. The lowest BCUT2D eigenvalue weighted by molar-refractivity contribution is -0.115. The van der Waals surface area contributed by atoms with Gasteiger partial charge in [-0.2, -0.15) is 0 Å². The van der Waals surface area contributed by atoms with Gasteiger partial charge < -0.3 is 10.1 Å². The van der Waals surface area contributed by atoms with Crippen molar-refractivity contribution < 1.29 is 14.3 Å². The monoisotopic (exact) mass is 465 g/mol. The van der Waals surface area contributed by atoms with Gasteiger partial charge in [-0.3, -0.25) is 4.79 Å². The lowest BCUT2D eigenvalue weighted by Gasteiger charge is -2.08. The molecule has 0 unspecified atom stereocenters. The quantitative estimate of drug-likeness (QED) is 0.407. The number of aryl methyl sites for hydroxylation is 2. The number of carbonyl (C=O) groups excluding carboxylic acids is 2. The largest absolute Gasteiger partial charge is 0.454 e. The van der Waals surface area contributed by atoms with E-state index < -0.39 is 5.97 Å². The van der Waals surface area contributed by atoms with Crippen LogP contribution in [0.4, 0.5) is 5.69 Å². The molecule has 0 aliphatic carbocycles. The third-order valence-corrected chi connectivity index (χ3v) is 6.14. The Kier molecular flexibility index (Phi) is 6.62. The van der Waals surface area contributed by atoms with Gasteiger partial charge in [0.1, 0.15) is 11.6 Å². The Morgan fingerprint density at radius 3 is 2.69 bits per heavy atom. The molecule has 0 aliphatic heterocycles. The van der Waals surface area contributed by atoms with E-state index in [4.69, 9.17) is 4.74 Å². The smallest absolute Gasteiger partial charge is 0.358 e. The second-order valence-corrected chi connectivity index (χ2v) is 8.76. The molecule has 8 nitrogen and oxygen atoms in total. The van der Waals surface area contributed by atoms with Gasteiger partial charge in [-0.15, -0.1) is 22.7 Å². The van der Waals surface area contributed by atoms with Crippen molar-refractivity contribution in [2.24, 2.45) is 0 Å². The fourth-order valence-corrected chi connectivity index (χ4v) is 4.30. The minimum atomic E-state index is -0.550. The first-order valence-electron chi connectivity index (χ1n) is 9.68. The van der Waals surface area contributed by atoms with Gasteiger partial charge in [0.05, 0.1) is 12.1 Å². The number of hydrogen-bond acceptors (Lipinski definition) is 9. The Hall–Kier alpha value is -3.50. The van der Waals surface area contributed by atoms with Crippen molar-refractivity contribution >= 4 is 40.2 Å². The molecule has 1 N–H and O–H groups in total. The molecule has 0 bridgehead atoms. The normalized spacial score (nSPS) is 10.7. The third-order valence-electron chi connectivity index (χ3n) is 4.40. The Labute approximate surface area is 192 Å². The molecular weight excluding hydrogens is 446 g/mol. The van der Waals surface area contributed by atoms with Gasteiger partial charge in [-0.25, -0.2) is 24.7 Å². The summed E-state index contributed by atoms with van der Waals surface area (Å²) in [5, 5.41) is 7.50. The van der Waals surface area contributed by atoms with E-state index >= 15 is 0 Å². The highest BCUT2D eigenvalue weighted by molar-refractivity contribution is 7.13. The highest BCUT2D eigenvalue weighted by Crippen LogP contribution is 2.21. The van der Waals surface area contributed by atoms with E-state index in [1.165, 1.54) is 22.7 Å². The van der Waals surface area contributed by atoms with Crippen LogP contribution >= 0.6 is 22.7 Å². The zero-order valence-corrected chi connectivity index (χ0v) is 19.0. The molecule has 0 saturated heterocycles. The van der Waals surface area contributed by atoms with Crippen molar-refractivity contribution in [3.05, 3.63) is 74.9 Å². The van der Waals surface area contributed by atoms with Gasteiger partial charge in [0, 0.05) is 28.8 Å². The number of hydrogen-bond donors (Lipinski definition) is 1. The summed E-state index contributed by atoms with van der Waals surface area (Å²) in [6.07, 6.45) is 3.38. The minimum absolute atomic E-state index is 0.00262. The summed E-state index contributed by atoms with van der Waals surface area (Å²) < 4.78 is 5.31. The summed E-state index contributed by atoms with van der Waals surface area (Å²) in [6.45, 7) is 3.93. The molecule has 0 saturated carbocycles. The topological polar surface area (TPSA) is 107 Å². The first-order valence-corrected chi connectivity index (χ1v) is 11.4. The molecule has 10 heteroatoms. The van der Waals surface area contributed by atoms with Crippen LogP contribution < -0.4 is 5.32 Å². The molecule has 4 aromatic rings. The fourth-order valence-electron chi connectivity index (χ4n) is 2.79. The van der Waals surface area contributed by atoms with Crippen molar-refractivity contribution in [1.82, 2.24) is 19.9 Å². The van der Waals surface area contributed by atoms with E-state index in [1.54, 1.807) is 29.2 Å². The molecule has 32 heavy (non-hydrogen) atoms. The van der Waals surface area contributed by atoms with E-state index in [2.05, 4.69) is 25.3 Å². The maximum Gasteiger partial charge on any atom is 0.358 e. The van der Waals surface area contributed by atoms with Gasteiger partial charge in [0.2, 0.25) is 5.91 Å². The molecule has 1 aromatic carbocycles. The lowest BCUT2D eigenvalue weighted by atomic mass is 10.1. The highest BCUT2D eigenvalue weighted by Gasteiger charge is 2.16. The van der Waals surface area contributed by atoms with E-state index in [0.717, 1.165) is 16.8 Å². The number of amides is 1. The number of thiazole rings is 2. The zero-order chi connectivity index (χ0) is 22.5. The first-order chi connectivity index (χ1) is 15.5. The fraction of sp³-hybridized carbons (Fsp3) is 0.182. The van der Waals surface area contributed by atoms with Gasteiger partial charge in [-0.1, -0.05) is 12.1 Å².